The van der Waals surface area contributed by atoms with Gasteiger partial charge < -0.3 is 9.53 Å². The largest absolute Gasteiger partial charge is 0.379 e. The Balaban J connectivity index is 3.03. The van der Waals surface area contributed by atoms with Crippen molar-refractivity contribution in [3.8, 4) is 0 Å². The molecule has 0 aliphatic carbocycles. The number of ketones is 1. The van der Waals surface area contributed by atoms with Gasteiger partial charge in [-0.3, -0.25) is 4.79 Å². The van der Waals surface area contributed by atoms with Gasteiger partial charge in [0.1, 0.15) is 12.1 Å². The highest BCUT2D eigenvalue weighted by Gasteiger charge is 2.22. The highest BCUT2D eigenvalue weighted by molar-refractivity contribution is 5.94. The minimum absolute atomic E-state index is 0.0243. The van der Waals surface area contributed by atoms with Gasteiger partial charge in [0.2, 0.25) is 0 Å². The second kappa shape index (κ2) is 8.08. The van der Waals surface area contributed by atoms with E-state index in [1.807, 2.05) is 32.9 Å². The van der Waals surface area contributed by atoms with Crippen molar-refractivity contribution in [2.24, 2.45) is 0 Å². The van der Waals surface area contributed by atoms with Crippen molar-refractivity contribution in [1.29, 1.82) is 0 Å². The number of benzene rings is 1. The van der Waals surface area contributed by atoms with Crippen molar-refractivity contribution >= 4 is 12.1 Å². The lowest BCUT2D eigenvalue weighted by atomic mass is 9.85. The molecule has 3 heteroatoms. The summed E-state index contributed by atoms with van der Waals surface area (Å²) < 4.78 is 5.58. The number of rotatable bonds is 8. The van der Waals surface area contributed by atoms with E-state index < -0.39 is 0 Å². The molecule has 0 aliphatic rings. The van der Waals surface area contributed by atoms with Crippen molar-refractivity contribution in [2.45, 2.75) is 59.5 Å². The molecule has 1 rings (SSSR count). The van der Waals surface area contributed by atoms with E-state index in [9.17, 15) is 9.59 Å². The van der Waals surface area contributed by atoms with Crippen LogP contribution in [0.15, 0.2) is 12.1 Å². The molecule has 0 amide bonds. The lowest BCUT2D eigenvalue weighted by Gasteiger charge is -2.20. The number of aryl methyl sites for hydroxylation is 1. The molecule has 0 radical (unpaired) electrons. The molecule has 116 valence electrons. The average Bonchev–Trinajstić information content (AvgIpc) is 2.42. The predicted octanol–water partition coefficient (Wildman–Crippen LogP) is 3.67. The van der Waals surface area contributed by atoms with Crippen LogP contribution in [0, 0.1) is 20.8 Å². The maximum absolute atomic E-state index is 12.3. The lowest BCUT2D eigenvalue weighted by molar-refractivity contribution is -0.124. The molecule has 3 nitrogen and oxygen atoms in total. The molecule has 1 unspecified atom stereocenters. The fourth-order valence-corrected chi connectivity index (χ4v) is 2.49. The second-order valence-electron chi connectivity index (χ2n) is 5.82. The van der Waals surface area contributed by atoms with E-state index in [0.717, 1.165) is 11.1 Å². The zero-order chi connectivity index (χ0) is 16.0. The van der Waals surface area contributed by atoms with E-state index in [-0.39, 0.29) is 24.2 Å². The maximum atomic E-state index is 12.3. The van der Waals surface area contributed by atoms with Gasteiger partial charge in [-0.2, -0.15) is 0 Å². The van der Waals surface area contributed by atoms with Gasteiger partial charge in [-0.05, 0) is 63.3 Å². The first-order chi connectivity index (χ1) is 9.88. The highest BCUT2D eigenvalue weighted by atomic mass is 16.5. The van der Waals surface area contributed by atoms with Crippen molar-refractivity contribution in [2.75, 3.05) is 6.61 Å². The standard InChI is InChI=1S/C18H26O3/c1-12(2)21-11-9-17(18(20)8-10-19)16-7-6-13(3)14(4)15(16)5/h6-7,10,12,17H,8-9,11H2,1-5H3. The molecule has 0 fully saturated rings. The first-order valence-corrected chi connectivity index (χ1v) is 7.53. The third-order valence-electron chi connectivity index (χ3n) is 4.01. The van der Waals surface area contributed by atoms with Crippen molar-refractivity contribution in [3.05, 3.63) is 34.4 Å². The highest BCUT2D eigenvalue weighted by Crippen LogP contribution is 2.28. The summed E-state index contributed by atoms with van der Waals surface area (Å²) in [7, 11) is 0. The molecule has 0 aromatic heterocycles. The van der Waals surface area contributed by atoms with Crippen LogP contribution in [-0.2, 0) is 14.3 Å². The molecule has 0 saturated carbocycles. The molecular formula is C18H26O3. The number of ether oxygens (including phenoxy) is 1. The summed E-state index contributed by atoms with van der Waals surface area (Å²) in [5, 5.41) is 0. The molecule has 0 spiro atoms. The van der Waals surface area contributed by atoms with Gasteiger partial charge in [0.15, 0.2) is 0 Å². The zero-order valence-corrected chi connectivity index (χ0v) is 13.7. The maximum Gasteiger partial charge on any atom is 0.147 e. The Hall–Kier alpha value is -1.48. The predicted molar refractivity (Wildman–Crippen MR) is 84.8 cm³/mol. The van der Waals surface area contributed by atoms with Gasteiger partial charge in [0.05, 0.1) is 12.5 Å². The quantitative estimate of drug-likeness (QED) is 0.542. The second-order valence-corrected chi connectivity index (χ2v) is 5.82. The van der Waals surface area contributed by atoms with Crippen LogP contribution in [0.3, 0.4) is 0 Å². The summed E-state index contributed by atoms with van der Waals surface area (Å²) in [6, 6.07) is 4.06. The third-order valence-corrected chi connectivity index (χ3v) is 4.01. The smallest absolute Gasteiger partial charge is 0.147 e. The summed E-state index contributed by atoms with van der Waals surface area (Å²) >= 11 is 0. The first-order valence-electron chi connectivity index (χ1n) is 7.53. The SMILES string of the molecule is Cc1ccc(C(CCOC(C)C)C(=O)CC=O)c(C)c1C. The minimum Gasteiger partial charge on any atom is -0.379 e. The fraction of sp³-hybridized carbons (Fsp3) is 0.556. The molecule has 0 bridgehead atoms. The topological polar surface area (TPSA) is 43.4 Å². The van der Waals surface area contributed by atoms with Gasteiger partial charge in [-0.1, -0.05) is 12.1 Å². The number of aldehydes is 1. The van der Waals surface area contributed by atoms with E-state index in [1.54, 1.807) is 0 Å². The van der Waals surface area contributed by atoms with E-state index in [4.69, 9.17) is 4.74 Å². The third kappa shape index (κ3) is 4.78. The minimum atomic E-state index is -0.256. The average molecular weight is 290 g/mol. The van der Waals surface area contributed by atoms with Crippen LogP contribution in [-0.4, -0.2) is 24.8 Å². The van der Waals surface area contributed by atoms with Crippen molar-refractivity contribution < 1.29 is 14.3 Å². The van der Waals surface area contributed by atoms with Crippen LogP contribution in [0.2, 0.25) is 0 Å². The Kier molecular flexibility index (Phi) is 6.76. The summed E-state index contributed by atoms with van der Waals surface area (Å²) in [6.07, 6.45) is 1.43. The van der Waals surface area contributed by atoms with Gasteiger partial charge in [-0.25, -0.2) is 0 Å². The molecule has 0 aliphatic heterocycles. The fourth-order valence-electron chi connectivity index (χ4n) is 2.49. The Labute approximate surface area is 127 Å². The zero-order valence-electron chi connectivity index (χ0n) is 13.7. The Morgan fingerprint density at radius 3 is 2.43 bits per heavy atom. The van der Waals surface area contributed by atoms with Gasteiger partial charge in [0.25, 0.3) is 0 Å². The van der Waals surface area contributed by atoms with Crippen molar-refractivity contribution in [1.82, 2.24) is 0 Å². The molecule has 0 saturated heterocycles. The van der Waals surface area contributed by atoms with Crippen LogP contribution < -0.4 is 0 Å². The first kappa shape index (κ1) is 17.6. The summed E-state index contributed by atoms with van der Waals surface area (Å²) in [5.41, 5.74) is 4.60. The van der Waals surface area contributed by atoms with E-state index in [1.165, 1.54) is 11.1 Å². The monoisotopic (exact) mass is 290 g/mol. The molecule has 1 aromatic carbocycles. The van der Waals surface area contributed by atoms with Gasteiger partial charge in [0, 0.05) is 12.5 Å². The van der Waals surface area contributed by atoms with Crippen LogP contribution in [0.1, 0.15) is 54.9 Å². The Morgan fingerprint density at radius 1 is 1.19 bits per heavy atom. The van der Waals surface area contributed by atoms with Crippen LogP contribution in [0.5, 0.6) is 0 Å². The van der Waals surface area contributed by atoms with E-state index in [2.05, 4.69) is 13.8 Å². The van der Waals surface area contributed by atoms with Crippen LogP contribution in [0.4, 0.5) is 0 Å². The summed E-state index contributed by atoms with van der Waals surface area (Å²) in [5.74, 6) is -0.281. The number of hydrogen-bond acceptors (Lipinski definition) is 3. The Morgan fingerprint density at radius 2 is 1.86 bits per heavy atom. The Bertz CT molecular complexity index is 503. The van der Waals surface area contributed by atoms with E-state index in [0.29, 0.717) is 19.3 Å². The molecule has 0 heterocycles. The summed E-state index contributed by atoms with van der Waals surface area (Å²) in [4.78, 5) is 23.0. The number of carbonyl (C=O) groups excluding carboxylic acids is 2. The molecule has 21 heavy (non-hydrogen) atoms. The normalized spacial score (nSPS) is 12.5. The number of Topliss-reactive ketones (excluding diaryl/α,β-unsaturated/α-hetero) is 1. The number of carbonyl (C=O) groups is 2. The molecule has 1 aromatic rings. The van der Waals surface area contributed by atoms with Gasteiger partial charge >= 0.3 is 0 Å². The molecular weight excluding hydrogens is 264 g/mol. The lowest BCUT2D eigenvalue weighted by Crippen LogP contribution is -2.18. The van der Waals surface area contributed by atoms with Crippen LogP contribution in [0.25, 0.3) is 0 Å². The van der Waals surface area contributed by atoms with Gasteiger partial charge in [-0.15, -0.1) is 0 Å². The molecule has 0 N–H and O–H groups in total. The summed E-state index contributed by atoms with van der Waals surface area (Å²) in [6.45, 7) is 10.7. The number of hydrogen-bond donors (Lipinski definition) is 0. The van der Waals surface area contributed by atoms with Crippen LogP contribution >= 0.6 is 0 Å². The molecule has 1 atom stereocenters. The van der Waals surface area contributed by atoms with E-state index >= 15 is 0 Å². The van der Waals surface area contributed by atoms with Crippen molar-refractivity contribution in [3.63, 3.8) is 0 Å².